The molecular formula is C26H30N4O. The molecular weight excluding hydrogens is 384 g/mol. The maximum absolute atomic E-state index is 13.5. The van der Waals surface area contributed by atoms with Gasteiger partial charge in [-0.3, -0.25) is 4.79 Å². The molecule has 0 aliphatic heterocycles. The van der Waals surface area contributed by atoms with Crippen LogP contribution in [0, 0.1) is 0 Å². The summed E-state index contributed by atoms with van der Waals surface area (Å²) in [5.41, 5.74) is 2.67. The number of rotatable bonds is 6. The van der Waals surface area contributed by atoms with Gasteiger partial charge < -0.3 is 9.80 Å². The van der Waals surface area contributed by atoms with Gasteiger partial charge in [0.1, 0.15) is 11.4 Å². The highest BCUT2D eigenvalue weighted by Crippen LogP contribution is 2.27. The Morgan fingerprint density at radius 3 is 2.26 bits per heavy atom. The molecule has 0 spiro atoms. The van der Waals surface area contributed by atoms with Gasteiger partial charge in [-0.1, -0.05) is 79.9 Å². The second kappa shape index (κ2) is 9.73. The first-order valence-electron chi connectivity index (χ1n) is 11.1. The molecule has 0 unspecified atom stereocenters. The van der Waals surface area contributed by atoms with Gasteiger partial charge in [0.05, 0.1) is 0 Å². The van der Waals surface area contributed by atoms with Crippen LogP contribution < -0.4 is 4.90 Å². The van der Waals surface area contributed by atoms with Crippen molar-refractivity contribution >= 4 is 11.7 Å². The lowest BCUT2D eigenvalue weighted by Gasteiger charge is -2.32. The van der Waals surface area contributed by atoms with E-state index in [0.29, 0.717) is 29.8 Å². The Labute approximate surface area is 184 Å². The van der Waals surface area contributed by atoms with Gasteiger partial charge in [0, 0.05) is 38.4 Å². The minimum Gasteiger partial charge on any atom is -0.355 e. The zero-order valence-corrected chi connectivity index (χ0v) is 18.4. The Bertz CT molecular complexity index is 1000. The van der Waals surface area contributed by atoms with E-state index in [1.165, 1.54) is 24.8 Å². The Morgan fingerprint density at radius 2 is 1.58 bits per heavy atom. The van der Waals surface area contributed by atoms with Gasteiger partial charge in [0.15, 0.2) is 5.82 Å². The van der Waals surface area contributed by atoms with Crippen LogP contribution in [0.25, 0.3) is 11.4 Å². The van der Waals surface area contributed by atoms with E-state index in [1.807, 2.05) is 72.4 Å². The number of carbonyl (C=O) groups excluding carboxylic acids is 1. The lowest BCUT2D eigenvalue weighted by molar-refractivity contribution is 0.0696. The summed E-state index contributed by atoms with van der Waals surface area (Å²) < 4.78 is 0. The molecule has 1 saturated carbocycles. The van der Waals surface area contributed by atoms with E-state index in [-0.39, 0.29) is 5.91 Å². The first-order valence-corrected chi connectivity index (χ1v) is 11.1. The second-order valence-electron chi connectivity index (χ2n) is 8.35. The zero-order valence-electron chi connectivity index (χ0n) is 18.4. The minimum absolute atomic E-state index is 0.00132. The van der Waals surface area contributed by atoms with E-state index < -0.39 is 0 Å². The fourth-order valence-electron chi connectivity index (χ4n) is 4.30. The summed E-state index contributed by atoms with van der Waals surface area (Å²) in [7, 11) is 3.91. The van der Waals surface area contributed by atoms with Gasteiger partial charge in [0.25, 0.3) is 5.91 Å². The number of benzene rings is 2. The number of carbonyl (C=O) groups is 1. The summed E-state index contributed by atoms with van der Waals surface area (Å²) in [5, 5.41) is 0. The highest BCUT2D eigenvalue weighted by atomic mass is 16.2. The lowest BCUT2D eigenvalue weighted by atomic mass is 9.94. The van der Waals surface area contributed by atoms with Crippen molar-refractivity contribution in [3.05, 3.63) is 78.0 Å². The van der Waals surface area contributed by atoms with E-state index in [9.17, 15) is 4.79 Å². The average molecular weight is 415 g/mol. The summed E-state index contributed by atoms with van der Waals surface area (Å²) >= 11 is 0. The predicted molar refractivity (Wildman–Crippen MR) is 125 cm³/mol. The van der Waals surface area contributed by atoms with Crippen LogP contribution in [-0.4, -0.2) is 40.9 Å². The van der Waals surface area contributed by atoms with Crippen molar-refractivity contribution in [2.75, 3.05) is 19.0 Å². The smallest absolute Gasteiger partial charge is 0.259 e. The Morgan fingerprint density at radius 1 is 0.935 bits per heavy atom. The minimum atomic E-state index is 0.00132. The van der Waals surface area contributed by atoms with Crippen molar-refractivity contribution in [1.82, 2.24) is 14.9 Å². The molecule has 2 aromatic carbocycles. The van der Waals surface area contributed by atoms with Crippen molar-refractivity contribution in [3.63, 3.8) is 0 Å². The molecule has 3 aromatic rings. The molecule has 1 amide bonds. The van der Waals surface area contributed by atoms with Crippen molar-refractivity contribution in [1.29, 1.82) is 0 Å². The predicted octanol–water partition coefficient (Wildman–Crippen LogP) is 5.18. The third kappa shape index (κ3) is 4.93. The SMILES string of the molecule is CN(Cc1ccccc1)c1nc(-c2ccccc2)ncc1C(=O)N(C)C1CCCCC1. The molecule has 0 saturated heterocycles. The first-order chi connectivity index (χ1) is 15.1. The average Bonchev–Trinajstić information content (AvgIpc) is 2.84. The maximum atomic E-state index is 13.5. The third-order valence-corrected chi connectivity index (χ3v) is 6.10. The number of hydrogen-bond donors (Lipinski definition) is 0. The molecule has 4 rings (SSSR count). The second-order valence-corrected chi connectivity index (χ2v) is 8.35. The number of nitrogens with zero attached hydrogens (tertiary/aromatic N) is 4. The van der Waals surface area contributed by atoms with Crippen LogP contribution in [-0.2, 0) is 6.54 Å². The molecule has 1 aromatic heterocycles. The Kier molecular flexibility index (Phi) is 6.60. The molecule has 0 bridgehead atoms. The zero-order chi connectivity index (χ0) is 21.6. The topological polar surface area (TPSA) is 49.3 Å². The van der Waals surface area contributed by atoms with Crippen LogP contribution in [0.3, 0.4) is 0 Å². The highest BCUT2D eigenvalue weighted by Gasteiger charge is 2.27. The van der Waals surface area contributed by atoms with Gasteiger partial charge in [0.2, 0.25) is 0 Å². The first kappa shape index (κ1) is 21.0. The maximum Gasteiger partial charge on any atom is 0.259 e. The largest absolute Gasteiger partial charge is 0.355 e. The summed E-state index contributed by atoms with van der Waals surface area (Å²) in [6, 6.07) is 20.4. The van der Waals surface area contributed by atoms with Crippen molar-refractivity contribution in [2.45, 2.75) is 44.7 Å². The number of anilines is 1. The molecule has 31 heavy (non-hydrogen) atoms. The van der Waals surface area contributed by atoms with E-state index >= 15 is 0 Å². The number of aromatic nitrogens is 2. The Balaban J connectivity index is 1.68. The van der Waals surface area contributed by atoms with Gasteiger partial charge in [-0.2, -0.15) is 0 Å². The molecule has 0 atom stereocenters. The molecule has 1 aliphatic rings. The van der Waals surface area contributed by atoms with Crippen LogP contribution >= 0.6 is 0 Å². The van der Waals surface area contributed by atoms with Crippen LogP contribution in [0.1, 0.15) is 48.0 Å². The van der Waals surface area contributed by atoms with E-state index in [0.717, 1.165) is 18.4 Å². The molecule has 1 aliphatic carbocycles. The van der Waals surface area contributed by atoms with Crippen molar-refractivity contribution in [2.24, 2.45) is 0 Å². The number of amides is 1. The van der Waals surface area contributed by atoms with Crippen LogP contribution in [0.5, 0.6) is 0 Å². The highest BCUT2D eigenvalue weighted by molar-refractivity contribution is 5.99. The fourth-order valence-corrected chi connectivity index (χ4v) is 4.30. The van der Waals surface area contributed by atoms with Crippen LogP contribution in [0.15, 0.2) is 66.9 Å². The monoisotopic (exact) mass is 414 g/mol. The molecule has 1 heterocycles. The standard InChI is InChI=1S/C26H30N4O/c1-29(19-20-12-6-3-7-13-20)25-23(26(31)30(2)22-16-10-5-11-17-22)18-27-24(28-25)21-14-8-4-9-15-21/h3-4,6-9,12-15,18,22H,5,10-11,16-17,19H2,1-2H3. The summed E-state index contributed by atoms with van der Waals surface area (Å²) in [4.78, 5) is 26.9. The molecule has 160 valence electrons. The van der Waals surface area contributed by atoms with Crippen molar-refractivity contribution in [3.8, 4) is 11.4 Å². The van der Waals surface area contributed by atoms with Crippen LogP contribution in [0.4, 0.5) is 5.82 Å². The fraction of sp³-hybridized carbons (Fsp3) is 0.346. The third-order valence-electron chi connectivity index (χ3n) is 6.10. The van der Waals surface area contributed by atoms with E-state index in [2.05, 4.69) is 17.1 Å². The molecule has 0 N–H and O–H groups in total. The molecule has 5 heteroatoms. The Hall–Kier alpha value is -3.21. The van der Waals surface area contributed by atoms with Gasteiger partial charge >= 0.3 is 0 Å². The molecule has 1 fully saturated rings. The van der Waals surface area contributed by atoms with E-state index in [1.54, 1.807) is 6.20 Å². The normalized spacial score (nSPS) is 14.3. The summed E-state index contributed by atoms with van der Waals surface area (Å²) in [6.45, 7) is 0.666. The lowest BCUT2D eigenvalue weighted by Crippen LogP contribution is -2.39. The quantitative estimate of drug-likeness (QED) is 0.557. The van der Waals surface area contributed by atoms with Gasteiger partial charge in [-0.25, -0.2) is 9.97 Å². The van der Waals surface area contributed by atoms with Crippen molar-refractivity contribution < 1.29 is 4.79 Å². The molecule has 0 radical (unpaired) electrons. The summed E-state index contributed by atoms with van der Waals surface area (Å²) in [6.07, 6.45) is 7.48. The van der Waals surface area contributed by atoms with Crippen LogP contribution in [0.2, 0.25) is 0 Å². The number of hydrogen-bond acceptors (Lipinski definition) is 4. The summed E-state index contributed by atoms with van der Waals surface area (Å²) in [5.74, 6) is 1.30. The van der Waals surface area contributed by atoms with E-state index in [4.69, 9.17) is 4.98 Å². The van der Waals surface area contributed by atoms with Gasteiger partial charge in [-0.15, -0.1) is 0 Å². The van der Waals surface area contributed by atoms with Gasteiger partial charge in [-0.05, 0) is 18.4 Å². The molecule has 5 nitrogen and oxygen atoms in total.